The number of aromatic nitrogens is 4. The highest BCUT2D eigenvalue weighted by Crippen LogP contribution is 2.22. The van der Waals surface area contributed by atoms with Crippen LogP contribution in [0.5, 0.6) is 11.6 Å². The van der Waals surface area contributed by atoms with E-state index in [2.05, 4.69) is 20.5 Å². The van der Waals surface area contributed by atoms with Gasteiger partial charge in [0.25, 0.3) is 5.91 Å². The molecule has 7 heteroatoms. The molecular formula is C23H21N5O2. The lowest BCUT2D eigenvalue weighted by atomic mass is 10.1. The van der Waals surface area contributed by atoms with Gasteiger partial charge in [0, 0.05) is 29.7 Å². The molecule has 0 fully saturated rings. The summed E-state index contributed by atoms with van der Waals surface area (Å²) in [5, 5.41) is 11.2. The van der Waals surface area contributed by atoms with Gasteiger partial charge >= 0.3 is 0 Å². The fourth-order valence-corrected chi connectivity index (χ4v) is 3.15. The van der Waals surface area contributed by atoms with E-state index in [9.17, 15) is 4.79 Å². The van der Waals surface area contributed by atoms with Gasteiger partial charge in [0.15, 0.2) is 5.82 Å². The third kappa shape index (κ3) is 4.35. The van der Waals surface area contributed by atoms with E-state index >= 15 is 0 Å². The Morgan fingerprint density at radius 3 is 2.27 bits per heavy atom. The number of amides is 1. The van der Waals surface area contributed by atoms with E-state index in [4.69, 9.17) is 4.74 Å². The Morgan fingerprint density at radius 2 is 1.67 bits per heavy atom. The highest BCUT2D eigenvalue weighted by atomic mass is 16.5. The predicted octanol–water partition coefficient (Wildman–Crippen LogP) is 4.63. The number of benzene rings is 2. The highest BCUT2D eigenvalue weighted by molar-refractivity contribution is 6.04. The zero-order valence-corrected chi connectivity index (χ0v) is 17.0. The van der Waals surface area contributed by atoms with Gasteiger partial charge in [0.05, 0.1) is 0 Å². The SMILES string of the molecule is Cc1cc(C)cc(C(=O)Nc2ccc(Oc3ccc(-n4ccnc4C)nn3)cc2)c1. The Morgan fingerprint density at radius 1 is 0.933 bits per heavy atom. The second kappa shape index (κ2) is 8.16. The van der Waals surface area contributed by atoms with Gasteiger partial charge in [0.2, 0.25) is 5.88 Å². The number of imidazole rings is 1. The Bertz CT molecular complexity index is 1160. The van der Waals surface area contributed by atoms with Crippen LogP contribution in [0.15, 0.2) is 67.0 Å². The molecule has 4 rings (SSSR count). The van der Waals surface area contributed by atoms with E-state index in [1.807, 2.05) is 55.8 Å². The molecule has 0 saturated heterocycles. The molecule has 2 heterocycles. The average Bonchev–Trinajstić information content (AvgIpc) is 3.15. The summed E-state index contributed by atoms with van der Waals surface area (Å²) in [6, 6.07) is 16.4. The number of hydrogen-bond donors (Lipinski definition) is 1. The number of nitrogens with one attached hydrogen (secondary N) is 1. The third-order valence-electron chi connectivity index (χ3n) is 4.52. The lowest BCUT2D eigenvalue weighted by molar-refractivity contribution is 0.102. The maximum absolute atomic E-state index is 12.5. The van der Waals surface area contributed by atoms with Crippen LogP contribution in [0.25, 0.3) is 5.82 Å². The van der Waals surface area contributed by atoms with Crippen LogP contribution in [0.2, 0.25) is 0 Å². The molecule has 1 N–H and O–H groups in total. The molecule has 0 radical (unpaired) electrons. The van der Waals surface area contributed by atoms with Crippen molar-refractivity contribution in [3.8, 4) is 17.4 Å². The molecular weight excluding hydrogens is 378 g/mol. The van der Waals surface area contributed by atoms with Gasteiger partial charge in [-0.2, -0.15) is 0 Å². The van der Waals surface area contributed by atoms with Crippen molar-refractivity contribution < 1.29 is 9.53 Å². The predicted molar refractivity (Wildman–Crippen MR) is 114 cm³/mol. The quantitative estimate of drug-likeness (QED) is 0.529. The molecule has 0 unspecified atom stereocenters. The number of carbonyl (C=O) groups is 1. The Balaban J connectivity index is 1.41. The van der Waals surface area contributed by atoms with Crippen LogP contribution in [0.3, 0.4) is 0 Å². The first-order valence-corrected chi connectivity index (χ1v) is 9.49. The van der Waals surface area contributed by atoms with Crippen molar-refractivity contribution in [2.75, 3.05) is 5.32 Å². The molecule has 0 aliphatic rings. The van der Waals surface area contributed by atoms with Crippen LogP contribution in [0.4, 0.5) is 5.69 Å². The van der Waals surface area contributed by atoms with E-state index in [0.29, 0.717) is 28.7 Å². The van der Waals surface area contributed by atoms with Crippen LogP contribution in [0.1, 0.15) is 27.3 Å². The summed E-state index contributed by atoms with van der Waals surface area (Å²) in [6.07, 6.45) is 3.53. The molecule has 30 heavy (non-hydrogen) atoms. The van der Waals surface area contributed by atoms with E-state index in [-0.39, 0.29) is 5.91 Å². The number of rotatable bonds is 5. The lowest BCUT2D eigenvalue weighted by Gasteiger charge is -2.09. The molecule has 7 nitrogen and oxygen atoms in total. The van der Waals surface area contributed by atoms with Gasteiger partial charge in [-0.1, -0.05) is 17.2 Å². The molecule has 2 aromatic carbocycles. The maximum atomic E-state index is 12.5. The van der Waals surface area contributed by atoms with Gasteiger partial charge in [-0.3, -0.25) is 9.36 Å². The van der Waals surface area contributed by atoms with Crippen molar-refractivity contribution in [2.24, 2.45) is 0 Å². The zero-order valence-electron chi connectivity index (χ0n) is 17.0. The maximum Gasteiger partial charge on any atom is 0.255 e. The van der Waals surface area contributed by atoms with Gasteiger partial charge in [-0.25, -0.2) is 4.98 Å². The van der Waals surface area contributed by atoms with Crippen LogP contribution >= 0.6 is 0 Å². The minimum Gasteiger partial charge on any atom is -0.438 e. The molecule has 1 amide bonds. The smallest absolute Gasteiger partial charge is 0.255 e. The number of ether oxygens (including phenoxy) is 1. The van der Waals surface area contributed by atoms with Gasteiger partial charge in [0.1, 0.15) is 11.6 Å². The van der Waals surface area contributed by atoms with E-state index < -0.39 is 0 Å². The fourth-order valence-electron chi connectivity index (χ4n) is 3.15. The van der Waals surface area contributed by atoms with Crippen molar-refractivity contribution in [1.29, 1.82) is 0 Å². The summed E-state index contributed by atoms with van der Waals surface area (Å²) in [4.78, 5) is 16.7. The van der Waals surface area contributed by atoms with Gasteiger partial charge in [-0.05, 0) is 63.2 Å². The molecule has 0 atom stereocenters. The first-order valence-electron chi connectivity index (χ1n) is 9.49. The summed E-state index contributed by atoms with van der Waals surface area (Å²) in [5.74, 6) is 2.33. The second-order valence-corrected chi connectivity index (χ2v) is 7.03. The normalized spacial score (nSPS) is 10.6. The Hall–Kier alpha value is -4.00. The first kappa shape index (κ1) is 19.3. The molecule has 0 aliphatic heterocycles. The molecule has 0 bridgehead atoms. The largest absolute Gasteiger partial charge is 0.438 e. The van der Waals surface area contributed by atoms with Crippen LogP contribution in [-0.2, 0) is 0 Å². The number of carbonyl (C=O) groups excluding carboxylic acids is 1. The summed E-state index contributed by atoms with van der Waals surface area (Å²) in [5.41, 5.74) is 3.43. The van der Waals surface area contributed by atoms with Crippen LogP contribution < -0.4 is 10.1 Å². The molecule has 0 spiro atoms. The van der Waals surface area contributed by atoms with E-state index in [1.165, 1.54) is 0 Å². The highest BCUT2D eigenvalue weighted by Gasteiger charge is 2.08. The number of aryl methyl sites for hydroxylation is 3. The van der Waals surface area contributed by atoms with E-state index in [1.54, 1.807) is 36.5 Å². The summed E-state index contributed by atoms with van der Waals surface area (Å²) < 4.78 is 7.58. The van der Waals surface area contributed by atoms with Crippen molar-refractivity contribution >= 4 is 11.6 Å². The number of anilines is 1. The van der Waals surface area contributed by atoms with Crippen molar-refractivity contribution in [2.45, 2.75) is 20.8 Å². The zero-order chi connectivity index (χ0) is 21.1. The van der Waals surface area contributed by atoms with Crippen LogP contribution in [-0.4, -0.2) is 25.7 Å². The minimum absolute atomic E-state index is 0.147. The van der Waals surface area contributed by atoms with Crippen molar-refractivity contribution in [3.63, 3.8) is 0 Å². The monoisotopic (exact) mass is 399 g/mol. The molecule has 2 aromatic heterocycles. The number of hydrogen-bond acceptors (Lipinski definition) is 5. The standard InChI is InChI=1S/C23H21N5O2/c1-15-12-16(2)14-18(13-15)23(29)25-19-4-6-20(7-5-19)30-22-9-8-21(26-27-22)28-11-10-24-17(28)3/h4-14H,1-3H3,(H,25,29). The lowest BCUT2D eigenvalue weighted by Crippen LogP contribution is -2.12. The Labute approximate surface area is 174 Å². The first-order chi connectivity index (χ1) is 14.5. The number of nitrogens with zero attached hydrogens (tertiary/aromatic N) is 4. The third-order valence-corrected chi connectivity index (χ3v) is 4.52. The molecule has 4 aromatic rings. The average molecular weight is 399 g/mol. The summed E-state index contributed by atoms with van der Waals surface area (Å²) in [7, 11) is 0. The molecule has 0 aliphatic carbocycles. The van der Waals surface area contributed by atoms with Gasteiger partial charge in [-0.15, -0.1) is 10.2 Å². The molecule has 150 valence electrons. The van der Waals surface area contributed by atoms with Crippen molar-refractivity contribution in [3.05, 3.63) is 89.5 Å². The fraction of sp³-hybridized carbons (Fsp3) is 0.130. The minimum atomic E-state index is -0.147. The Kier molecular flexibility index (Phi) is 5.26. The molecule has 0 saturated carbocycles. The van der Waals surface area contributed by atoms with Crippen molar-refractivity contribution in [1.82, 2.24) is 19.7 Å². The van der Waals surface area contributed by atoms with Crippen LogP contribution in [0, 0.1) is 20.8 Å². The van der Waals surface area contributed by atoms with Gasteiger partial charge < -0.3 is 10.1 Å². The summed E-state index contributed by atoms with van der Waals surface area (Å²) in [6.45, 7) is 5.84. The van der Waals surface area contributed by atoms with E-state index in [0.717, 1.165) is 17.0 Å². The second-order valence-electron chi connectivity index (χ2n) is 7.03. The topological polar surface area (TPSA) is 81.9 Å². The summed E-state index contributed by atoms with van der Waals surface area (Å²) >= 11 is 0.